The van der Waals surface area contributed by atoms with Gasteiger partial charge in [-0.05, 0) is 24.0 Å². The summed E-state index contributed by atoms with van der Waals surface area (Å²) in [5.74, 6) is 1.31. The summed E-state index contributed by atoms with van der Waals surface area (Å²) in [4.78, 5) is 0. The third-order valence-corrected chi connectivity index (χ3v) is 2.39. The minimum absolute atomic E-state index is 0.0391. The predicted octanol–water partition coefficient (Wildman–Crippen LogP) is 3.09. The zero-order valence-electron chi connectivity index (χ0n) is 9.79. The normalized spacial score (nSPS) is 10.7. The lowest BCUT2D eigenvalue weighted by molar-refractivity contribution is 0.262. The number of benzene rings is 1. The van der Waals surface area contributed by atoms with Crippen LogP contribution in [0, 0.1) is 0 Å². The number of hydrogen-bond donors (Lipinski definition) is 1. The van der Waals surface area contributed by atoms with Gasteiger partial charge in [-0.2, -0.15) is 0 Å². The Kier molecular flexibility index (Phi) is 4.63. The average molecular weight is 208 g/mol. The van der Waals surface area contributed by atoms with Crippen LogP contribution < -0.4 is 4.74 Å². The highest BCUT2D eigenvalue weighted by Crippen LogP contribution is 2.25. The Hall–Kier alpha value is -1.02. The van der Waals surface area contributed by atoms with Crippen molar-refractivity contribution in [1.82, 2.24) is 0 Å². The molecule has 1 aromatic carbocycles. The molecular formula is C13H20O2. The fourth-order valence-corrected chi connectivity index (χ4v) is 1.41. The van der Waals surface area contributed by atoms with E-state index in [0.29, 0.717) is 12.5 Å². The molecule has 0 saturated heterocycles. The highest BCUT2D eigenvalue weighted by molar-refractivity contribution is 5.38. The second-order valence-electron chi connectivity index (χ2n) is 4.03. The molecule has 0 spiro atoms. The van der Waals surface area contributed by atoms with Crippen LogP contribution in [0.25, 0.3) is 0 Å². The molecule has 0 radical (unpaired) electrons. The first-order valence-corrected chi connectivity index (χ1v) is 5.55. The van der Waals surface area contributed by atoms with Gasteiger partial charge in [-0.15, -0.1) is 0 Å². The summed E-state index contributed by atoms with van der Waals surface area (Å²) in [6.45, 7) is 7.12. The molecule has 0 fully saturated rings. The van der Waals surface area contributed by atoms with Crippen molar-refractivity contribution in [3.63, 3.8) is 0 Å². The van der Waals surface area contributed by atoms with Gasteiger partial charge in [0.15, 0.2) is 0 Å². The number of hydrogen-bond acceptors (Lipinski definition) is 2. The summed E-state index contributed by atoms with van der Waals surface area (Å²) in [6, 6.07) is 6.03. The molecule has 0 bridgehead atoms. The second-order valence-corrected chi connectivity index (χ2v) is 4.03. The SMILES string of the molecule is CCCOc1cc(C(C)C)ccc1CO. The van der Waals surface area contributed by atoms with E-state index in [1.54, 1.807) is 0 Å². The molecule has 1 aromatic rings. The van der Waals surface area contributed by atoms with Crippen LogP contribution in [0.1, 0.15) is 44.2 Å². The largest absolute Gasteiger partial charge is 0.493 e. The van der Waals surface area contributed by atoms with Crippen LogP contribution in [0.5, 0.6) is 5.75 Å². The second kappa shape index (κ2) is 5.76. The van der Waals surface area contributed by atoms with Crippen LogP contribution >= 0.6 is 0 Å². The first-order valence-electron chi connectivity index (χ1n) is 5.55. The summed E-state index contributed by atoms with van der Waals surface area (Å²) < 4.78 is 5.61. The van der Waals surface area contributed by atoms with Crippen molar-refractivity contribution in [2.75, 3.05) is 6.61 Å². The van der Waals surface area contributed by atoms with E-state index >= 15 is 0 Å². The molecule has 0 aliphatic heterocycles. The van der Waals surface area contributed by atoms with Crippen molar-refractivity contribution in [2.45, 2.75) is 39.7 Å². The maximum atomic E-state index is 9.17. The van der Waals surface area contributed by atoms with E-state index in [0.717, 1.165) is 17.7 Å². The maximum Gasteiger partial charge on any atom is 0.125 e. The first kappa shape index (κ1) is 12.1. The van der Waals surface area contributed by atoms with Gasteiger partial charge in [-0.3, -0.25) is 0 Å². The van der Waals surface area contributed by atoms with Crippen LogP contribution in [-0.4, -0.2) is 11.7 Å². The van der Waals surface area contributed by atoms with Crippen LogP contribution in [0.15, 0.2) is 18.2 Å². The maximum absolute atomic E-state index is 9.17. The first-order chi connectivity index (χ1) is 7.19. The fraction of sp³-hybridized carbons (Fsp3) is 0.538. The Balaban J connectivity index is 2.91. The Bertz CT molecular complexity index is 305. The molecule has 0 aromatic heterocycles. The van der Waals surface area contributed by atoms with E-state index < -0.39 is 0 Å². The molecule has 0 aliphatic carbocycles. The molecule has 84 valence electrons. The van der Waals surface area contributed by atoms with Gasteiger partial charge in [0.2, 0.25) is 0 Å². The third-order valence-electron chi connectivity index (χ3n) is 2.39. The molecular weight excluding hydrogens is 188 g/mol. The third kappa shape index (κ3) is 3.24. The van der Waals surface area contributed by atoms with Gasteiger partial charge in [0.05, 0.1) is 13.2 Å². The standard InChI is InChI=1S/C13H20O2/c1-4-7-15-13-8-11(10(2)3)5-6-12(13)9-14/h5-6,8,10,14H,4,7,9H2,1-3H3. The lowest BCUT2D eigenvalue weighted by atomic mass is 10.0. The highest BCUT2D eigenvalue weighted by atomic mass is 16.5. The predicted molar refractivity (Wildman–Crippen MR) is 62.2 cm³/mol. The van der Waals surface area contributed by atoms with Crippen LogP contribution in [0.2, 0.25) is 0 Å². The Morgan fingerprint density at radius 1 is 1.33 bits per heavy atom. The van der Waals surface area contributed by atoms with Gasteiger partial charge < -0.3 is 9.84 Å². The monoisotopic (exact) mass is 208 g/mol. The van der Waals surface area contributed by atoms with Crippen LogP contribution in [0.3, 0.4) is 0 Å². The van der Waals surface area contributed by atoms with E-state index in [-0.39, 0.29) is 6.61 Å². The summed E-state index contributed by atoms with van der Waals surface area (Å²) in [5.41, 5.74) is 2.12. The van der Waals surface area contributed by atoms with Crippen molar-refractivity contribution in [2.24, 2.45) is 0 Å². The Morgan fingerprint density at radius 2 is 2.07 bits per heavy atom. The molecule has 0 heterocycles. The van der Waals surface area contributed by atoms with Crippen molar-refractivity contribution in [3.05, 3.63) is 29.3 Å². The molecule has 0 amide bonds. The number of ether oxygens (including phenoxy) is 1. The van der Waals surface area contributed by atoms with Crippen molar-refractivity contribution >= 4 is 0 Å². The van der Waals surface area contributed by atoms with Gasteiger partial charge in [0, 0.05) is 5.56 Å². The molecule has 2 nitrogen and oxygen atoms in total. The van der Waals surface area contributed by atoms with Gasteiger partial charge in [-0.1, -0.05) is 32.9 Å². The zero-order chi connectivity index (χ0) is 11.3. The van der Waals surface area contributed by atoms with E-state index in [9.17, 15) is 0 Å². The highest BCUT2D eigenvalue weighted by Gasteiger charge is 2.06. The molecule has 15 heavy (non-hydrogen) atoms. The summed E-state index contributed by atoms with van der Waals surface area (Å²) in [7, 11) is 0. The summed E-state index contributed by atoms with van der Waals surface area (Å²) in [5, 5.41) is 9.17. The average Bonchev–Trinajstić information content (AvgIpc) is 2.25. The number of aliphatic hydroxyl groups excluding tert-OH is 1. The lowest BCUT2D eigenvalue weighted by Crippen LogP contribution is -2.00. The van der Waals surface area contributed by atoms with E-state index in [1.807, 2.05) is 12.1 Å². The summed E-state index contributed by atoms with van der Waals surface area (Å²) in [6.07, 6.45) is 0.983. The van der Waals surface area contributed by atoms with Gasteiger partial charge in [0.25, 0.3) is 0 Å². The minimum Gasteiger partial charge on any atom is -0.493 e. The molecule has 0 unspecified atom stereocenters. The van der Waals surface area contributed by atoms with Crippen LogP contribution in [-0.2, 0) is 6.61 Å². The molecule has 1 N–H and O–H groups in total. The quantitative estimate of drug-likeness (QED) is 0.805. The Morgan fingerprint density at radius 3 is 2.60 bits per heavy atom. The van der Waals surface area contributed by atoms with Gasteiger partial charge in [-0.25, -0.2) is 0 Å². The van der Waals surface area contributed by atoms with Gasteiger partial charge in [0.1, 0.15) is 5.75 Å². The van der Waals surface area contributed by atoms with Crippen LogP contribution in [0.4, 0.5) is 0 Å². The molecule has 1 rings (SSSR count). The Labute approximate surface area is 91.9 Å². The van der Waals surface area contributed by atoms with E-state index in [1.165, 1.54) is 5.56 Å². The minimum atomic E-state index is 0.0391. The molecule has 2 heteroatoms. The van der Waals surface area contributed by atoms with Crippen molar-refractivity contribution in [3.8, 4) is 5.75 Å². The molecule has 0 saturated carbocycles. The molecule has 0 atom stereocenters. The van der Waals surface area contributed by atoms with Gasteiger partial charge >= 0.3 is 0 Å². The van der Waals surface area contributed by atoms with E-state index in [2.05, 4.69) is 26.8 Å². The number of rotatable bonds is 5. The number of aliphatic hydroxyl groups is 1. The fourth-order valence-electron chi connectivity index (χ4n) is 1.41. The summed E-state index contributed by atoms with van der Waals surface area (Å²) >= 11 is 0. The van der Waals surface area contributed by atoms with E-state index in [4.69, 9.17) is 9.84 Å². The molecule has 0 aliphatic rings. The lowest BCUT2D eigenvalue weighted by Gasteiger charge is -2.13. The van der Waals surface area contributed by atoms with Crippen molar-refractivity contribution < 1.29 is 9.84 Å². The topological polar surface area (TPSA) is 29.5 Å². The van der Waals surface area contributed by atoms with Crippen molar-refractivity contribution in [1.29, 1.82) is 0 Å². The smallest absolute Gasteiger partial charge is 0.125 e. The zero-order valence-corrected chi connectivity index (χ0v) is 9.79.